The van der Waals surface area contributed by atoms with E-state index in [1.54, 1.807) is 6.92 Å². The average Bonchev–Trinajstić information content (AvgIpc) is 2.92. The lowest BCUT2D eigenvalue weighted by Crippen LogP contribution is -2.45. The van der Waals surface area contributed by atoms with Crippen LogP contribution >= 0.6 is 0 Å². The number of likely N-dealkylation sites (tertiary alicyclic amines) is 2. The second-order valence-corrected chi connectivity index (χ2v) is 10.7. The molecule has 0 bridgehead atoms. The lowest BCUT2D eigenvalue weighted by atomic mass is 9.90. The van der Waals surface area contributed by atoms with Gasteiger partial charge in [-0.1, -0.05) is 60.7 Å². The van der Waals surface area contributed by atoms with Gasteiger partial charge in [-0.15, -0.1) is 0 Å². The Kier molecular flexibility index (Phi) is 9.57. The van der Waals surface area contributed by atoms with Gasteiger partial charge in [0.15, 0.2) is 0 Å². The third-order valence-electron chi connectivity index (χ3n) is 8.27. The van der Waals surface area contributed by atoms with Crippen molar-refractivity contribution in [1.29, 1.82) is 0 Å². The van der Waals surface area contributed by atoms with Crippen LogP contribution in [0, 0.1) is 11.8 Å². The maximum absolute atomic E-state index is 13.7. The summed E-state index contributed by atoms with van der Waals surface area (Å²) >= 11 is 0. The van der Waals surface area contributed by atoms with Gasteiger partial charge in [0.25, 0.3) is 0 Å². The van der Waals surface area contributed by atoms with Gasteiger partial charge in [0.2, 0.25) is 11.8 Å². The van der Waals surface area contributed by atoms with E-state index in [2.05, 4.69) is 71.3 Å². The predicted octanol–water partition coefficient (Wildman–Crippen LogP) is 5.18. The van der Waals surface area contributed by atoms with E-state index in [4.69, 9.17) is 0 Å². The summed E-state index contributed by atoms with van der Waals surface area (Å²) < 4.78 is 0. The van der Waals surface area contributed by atoms with E-state index in [-0.39, 0.29) is 23.8 Å². The topological polar surface area (TPSA) is 43.9 Å². The van der Waals surface area contributed by atoms with Crippen molar-refractivity contribution in [3.8, 4) is 0 Å². The number of hydrogen-bond donors (Lipinski definition) is 0. The molecule has 0 aromatic heterocycles. The minimum Gasteiger partial charge on any atom is -0.343 e. The first-order chi connectivity index (χ1) is 17.5. The number of nitrogens with zero attached hydrogens (tertiary/aromatic N) is 3. The molecule has 0 N–H and O–H groups in total. The van der Waals surface area contributed by atoms with E-state index >= 15 is 0 Å². The van der Waals surface area contributed by atoms with Gasteiger partial charge in [-0.2, -0.15) is 0 Å². The maximum atomic E-state index is 13.7. The molecule has 2 amide bonds. The summed E-state index contributed by atoms with van der Waals surface area (Å²) in [6.07, 6.45) is 6.24. The first-order valence-electron chi connectivity index (χ1n) is 13.9. The zero-order chi connectivity index (χ0) is 25.3. The van der Waals surface area contributed by atoms with Crippen molar-refractivity contribution in [3.05, 3.63) is 71.8 Å². The third-order valence-corrected chi connectivity index (χ3v) is 8.27. The zero-order valence-corrected chi connectivity index (χ0v) is 22.1. The van der Waals surface area contributed by atoms with Gasteiger partial charge in [-0.25, -0.2) is 0 Å². The van der Waals surface area contributed by atoms with Crippen LogP contribution in [0.2, 0.25) is 0 Å². The summed E-state index contributed by atoms with van der Waals surface area (Å²) in [5.74, 6) is 1.17. The molecule has 1 atom stereocenters. The smallest absolute Gasteiger partial charge is 0.226 e. The third kappa shape index (κ3) is 7.19. The Labute approximate surface area is 217 Å². The van der Waals surface area contributed by atoms with Gasteiger partial charge < -0.3 is 14.7 Å². The summed E-state index contributed by atoms with van der Waals surface area (Å²) in [7, 11) is 0. The van der Waals surface area contributed by atoms with Crippen LogP contribution in [0.3, 0.4) is 0 Å². The number of hydrogen-bond acceptors (Lipinski definition) is 3. The van der Waals surface area contributed by atoms with Gasteiger partial charge in [0.05, 0.1) is 6.04 Å². The van der Waals surface area contributed by atoms with Crippen molar-refractivity contribution in [3.63, 3.8) is 0 Å². The SMILES string of the molecule is CC(=O)N1CCC(C(=O)N(CCCN2CCC(Cc3ccccc3)CC2)C(C)c2ccccc2)CC1. The van der Waals surface area contributed by atoms with Crippen LogP contribution in [0.15, 0.2) is 60.7 Å². The Morgan fingerprint density at radius 3 is 2.11 bits per heavy atom. The van der Waals surface area contributed by atoms with E-state index < -0.39 is 0 Å². The Morgan fingerprint density at radius 1 is 0.889 bits per heavy atom. The van der Waals surface area contributed by atoms with Crippen LogP contribution in [0.1, 0.15) is 63.1 Å². The highest BCUT2D eigenvalue weighted by Crippen LogP contribution is 2.27. The first-order valence-corrected chi connectivity index (χ1v) is 13.9. The fourth-order valence-electron chi connectivity index (χ4n) is 5.91. The number of carbonyl (C=O) groups excluding carboxylic acids is 2. The van der Waals surface area contributed by atoms with Crippen molar-refractivity contribution in [2.24, 2.45) is 11.8 Å². The molecule has 4 rings (SSSR count). The largest absolute Gasteiger partial charge is 0.343 e. The monoisotopic (exact) mass is 489 g/mol. The molecular weight excluding hydrogens is 446 g/mol. The van der Waals surface area contributed by atoms with E-state index in [1.165, 1.54) is 30.4 Å². The molecule has 2 aromatic carbocycles. The van der Waals surface area contributed by atoms with Crippen molar-refractivity contribution >= 4 is 11.8 Å². The first kappa shape index (κ1) is 26.4. The van der Waals surface area contributed by atoms with Crippen LogP contribution in [-0.4, -0.2) is 65.8 Å². The molecule has 2 saturated heterocycles. The zero-order valence-electron chi connectivity index (χ0n) is 22.1. The van der Waals surface area contributed by atoms with E-state index in [0.29, 0.717) is 13.1 Å². The van der Waals surface area contributed by atoms with Gasteiger partial charge >= 0.3 is 0 Å². The standard InChI is InChI=1S/C31H43N3O2/c1-25(29-12-7-4-8-13-29)34(31(36)30-16-22-33(23-17-30)26(2)35)19-9-18-32-20-14-28(15-21-32)24-27-10-5-3-6-11-27/h3-8,10-13,25,28,30H,9,14-24H2,1-2H3. The maximum Gasteiger partial charge on any atom is 0.226 e. The Balaban J connectivity index is 1.29. The molecule has 194 valence electrons. The van der Waals surface area contributed by atoms with Gasteiger partial charge in [-0.05, 0) is 82.1 Å². The molecule has 0 spiro atoms. The minimum atomic E-state index is 0.0143. The fraction of sp³-hybridized carbons (Fsp3) is 0.548. The molecule has 36 heavy (non-hydrogen) atoms. The number of amides is 2. The summed E-state index contributed by atoms with van der Waals surface area (Å²) in [4.78, 5) is 32.0. The summed E-state index contributed by atoms with van der Waals surface area (Å²) in [5.41, 5.74) is 2.64. The average molecular weight is 490 g/mol. The molecule has 2 heterocycles. The van der Waals surface area contributed by atoms with E-state index in [9.17, 15) is 9.59 Å². The molecular formula is C31H43N3O2. The lowest BCUT2D eigenvalue weighted by Gasteiger charge is -2.37. The van der Waals surface area contributed by atoms with Crippen molar-refractivity contribution in [2.75, 3.05) is 39.3 Å². The number of benzene rings is 2. The molecule has 0 aliphatic carbocycles. The summed E-state index contributed by atoms with van der Waals surface area (Å²) in [6, 6.07) is 21.3. The van der Waals surface area contributed by atoms with Crippen molar-refractivity contribution in [2.45, 2.75) is 58.4 Å². The Hall–Kier alpha value is -2.66. The van der Waals surface area contributed by atoms with Crippen LogP contribution in [-0.2, 0) is 16.0 Å². The van der Waals surface area contributed by atoms with Gasteiger partial charge in [-0.3, -0.25) is 9.59 Å². The van der Waals surface area contributed by atoms with Gasteiger partial charge in [0.1, 0.15) is 0 Å². The molecule has 5 heteroatoms. The predicted molar refractivity (Wildman–Crippen MR) is 145 cm³/mol. The lowest BCUT2D eigenvalue weighted by molar-refractivity contribution is -0.142. The van der Waals surface area contributed by atoms with Crippen LogP contribution < -0.4 is 0 Å². The molecule has 0 radical (unpaired) electrons. The molecule has 2 aliphatic heterocycles. The molecule has 1 unspecified atom stereocenters. The summed E-state index contributed by atoms with van der Waals surface area (Å²) in [5, 5.41) is 0. The number of rotatable bonds is 9. The molecule has 5 nitrogen and oxygen atoms in total. The molecule has 2 aromatic rings. The normalized spacial score (nSPS) is 18.7. The van der Waals surface area contributed by atoms with Crippen LogP contribution in [0.25, 0.3) is 0 Å². The van der Waals surface area contributed by atoms with Gasteiger partial charge in [0, 0.05) is 32.5 Å². The Bertz CT molecular complexity index is 948. The second-order valence-electron chi connectivity index (χ2n) is 10.7. The highest BCUT2D eigenvalue weighted by Gasteiger charge is 2.32. The van der Waals surface area contributed by atoms with Crippen LogP contribution in [0.4, 0.5) is 0 Å². The molecule has 0 saturated carbocycles. The highest BCUT2D eigenvalue weighted by atomic mass is 16.2. The number of carbonyl (C=O) groups is 2. The minimum absolute atomic E-state index is 0.0143. The quantitative estimate of drug-likeness (QED) is 0.488. The van der Waals surface area contributed by atoms with Crippen molar-refractivity contribution in [1.82, 2.24) is 14.7 Å². The second kappa shape index (κ2) is 13.0. The van der Waals surface area contributed by atoms with Crippen molar-refractivity contribution < 1.29 is 9.59 Å². The van der Waals surface area contributed by atoms with Crippen LogP contribution in [0.5, 0.6) is 0 Å². The van der Waals surface area contributed by atoms with E-state index in [0.717, 1.165) is 51.4 Å². The Morgan fingerprint density at radius 2 is 1.50 bits per heavy atom. The molecule has 2 fully saturated rings. The summed E-state index contributed by atoms with van der Waals surface area (Å²) in [6.45, 7) is 9.31. The number of piperidine rings is 2. The fourth-order valence-corrected chi connectivity index (χ4v) is 5.91. The highest BCUT2D eigenvalue weighted by molar-refractivity contribution is 5.80. The molecule has 2 aliphatic rings. The van der Waals surface area contributed by atoms with E-state index in [1.807, 2.05) is 11.0 Å².